The molecule has 74 valence electrons. The molecule has 0 saturated carbocycles. The van der Waals surface area contributed by atoms with Gasteiger partial charge in [0.15, 0.2) is 0 Å². The van der Waals surface area contributed by atoms with Gasteiger partial charge in [0.1, 0.15) is 20.4 Å². The molecule has 13 heavy (non-hydrogen) atoms. The zero-order valence-electron chi connectivity index (χ0n) is 7.07. The van der Waals surface area contributed by atoms with Gasteiger partial charge in [0.2, 0.25) is 0 Å². The van der Waals surface area contributed by atoms with Gasteiger partial charge >= 0.3 is 21.1 Å². The Kier molecular flexibility index (Phi) is 132. The first-order chi connectivity index (χ1) is 5.50. The maximum atomic E-state index is 8.00. The average molecular weight is 466 g/mol. The molecule has 0 N–H and O–H groups in total. The van der Waals surface area contributed by atoms with E-state index in [9.17, 15) is 0 Å². The summed E-state index contributed by atoms with van der Waals surface area (Å²) in [5.41, 5.74) is 0. The van der Waals surface area contributed by atoms with Crippen molar-refractivity contribution in [3.05, 3.63) is 24.3 Å². The summed E-state index contributed by atoms with van der Waals surface area (Å²) in [4.78, 5) is 24.0. The fourth-order valence-corrected chi connectivity index (χ4v) is 0.340. The van der Waals surface area contributed by atoms with E-state index in [0.717, 1.165) is 6.42 Å². The van der Waals surface area contributed by atoms with Crippen LogP contribution in [0.4, 0.5) is 0 Å². The molecule has 0 aliphatic heterocycles. The molecule has 1 aliphatic rings. The smallest absolute Gasteiger partial charge is 1.00 e. The molecule has 0 aromatic carbocycles. The summed E-state index contributed by atoms with van der Waals surface area (Å²) in [6.07, 6.45) is 10.0. The van der Waals surface area contributed by atoms with Crippen LogP contribution < -0.4 is 24.0 Å². The second-order valence-corrected chi connectivity index (χ2v) is 1.00. The Hall–Kier alpha value is -0.0917. The molecule has 1 aliphatic carbocycles. The van der Waals surface area contributed by atoms with E-state index in [4.69, 9.17) is 14.4 Å². The first-order valence-electron chi connectivity index (χ1n) is 2.58. The van der Waals surface area contributed by atoms with Gasteiger partial charge in [-0.1, -0.05) is 0 Å². The van der Waals surface area contributed by atoms with E-state index in [1.807, 2.05) is 32.5 Å². The van der Waals surface area contributed by atoms with Crippen molar-refractivity contribution >= 4 is 20.4 Å². The number of allylic oxidation sites excluding steroid dienone is 4. The van der Waals surface area contributed by atoms with E-state index in [2.05, 4.69) is 12.2 Å². The van der Waals surface area contributed by atoms with Crippen molar-refractivity contribution in [1.82, 2.24) is 0 Å². The molecule has 0 amide bonds. The Balaban J connectivity index is -0.0000000239. The topological polar surface area (TPSA) is 51.2 Å². The average Bonchev–Trinajstić information content (AvgIpc) is 2.71. The summed E-state index contributed by atoms with van der Waals surface area (Å²) in [5.74, 6) is 0. The van der Waals surface area contributed by atoms with Gasteiger partial charge in [-0.2, -0.15) is 6.08 Å². The van der Waals surface area contributed by atoms with Gasteiger partial charge in [0, 0.05) is 0 Å². The third-order valence-corrected chi connectivity index (χ3v) is 0.586. The van der Waals surface area contributed by atoms with Crippen molar-refractivity contribution < 1.29 is 59.4 Å². The summed E-state index contributed by atoms with van der Waals surface area (Å²) >= 11 is 0. The Bertz CT molecular complexity index is 103. The molecule has 3 nitrogen and oxygen atoms in total. The molecule has 0 heterocycles. The quantitative estimate of drug-likeness (QED) is 0.300. The number of carbonyl (C=O) groups is 3. The maximum absolute atomic E-state index is 8.00. The third kappa shape index (κ3) is 48.5. The number of rotatable bonds is 0. The number of halogens is 1. The molecule has 5 heteroatoms. The van der Waals surface area contributed by atoms with Crippen LogP contribution in [0.25, 0.3) is 0 Å². The molecule has 1 rings (SSSR count). The van der Waals surface area contributed by atoms with Crippen LogP contribution in [0.15, 0.2) is 18.2 Å². The van der Waals surface area contributed by atoms with Gasteiger partial charge < -0.3 is 38.4 Å². The van der Waals surface area contributed by atoms with Gasteiger partial charge in [-0.25, -0.2) is 12.2 Å². The van der Waals surface area contributed by atoms with Crippen molar-refractivity contribution in [2.24, 2.45) is 0 Å². The van der Waals surface area contributed by atoms with Crippen LogP contribution in [-0.4, -0.2) is 20.4 Å². The molecule has 0 bridgehead atoms. The van der Waals surface area contributed by atoms with Crippen molar-refractivity contribution in [1.29, 1.82) is 0 Å². The Morgan fingerprint density at radius 1 is 1.00 bits per heavy atom. The minimum atomic E-state index is 0. The largest absolute Gasteiger partial charge is 2.00 e. The molecular formula is C8H11IO3W. The van der Waals surface area contributed by atoms with Crippen LogP contribution in [0.3, 0.4) is 0 Å². The van der Waals surface area contributed by atoms with Crippen molar-refractivity contribution in [3.8, 4) is 0 Å². The van der Waals surface area contributed by atoms with Gasteiger partial charge in [0.25, 0.3) is 0 Å². The zero-order chi connectivity index (χ0) is 9.54. The second kappa shape index (κ2) is 58.8. The number of carbonyl (C=O) groups excluding carboxylic acids is 3. The predicted octanol–water partition coefficient (Wildman–Crippen LogP) is -2.25. The Labute approximate surface area is 110 Å². The van der Waals surface area contributed by atoms with Crippen LogP contribution in [0.5, 0.6) is 0 Å². The van der Waals surface area contributed by atoms with Crippen LogP contribution in [-0.2, 0) is 35.4 Å². The normalized spacial score (nSPS) is 7.69. The summed E-state index contributed by atoms with van der Waals surface area (Å²) < 4.78 is 0. The van der Waals surface area contributed by atoms with E-state index in [0.29, 0.717) is 0 Å². The molecule has 0 aromatic heterocycles. The van der Waals surface area contributed by atoms with Crippen LogP contribution in [0.2, 0.25) is 0 Å². The van der Waals surface area contributed by atoms with E-state index in [1.54, 1.807) is 0 Å². The van der Waals surface area contributed by atoms with E-state index in [1.165, 1.54) is 0 Å². The van der Waals surface area contributed by atoms with Crippen molar-refractivity contribution in [3.63, 3.8) is 0 Å². The number of hydrogen-bond donors (Lipinski definition) is 0. The SMILES string of the molecule is C=O.C=O.C=O.[C-]1=CC=CC1.[I-].[W+2]. The fourth-order valence-electron chi connectivity index (χ4n) is 0.340. The van der Waals surface area contributed by atoms with Crippen LogP contribution >= 0.6 is 0 Å². The third-order valence-electron chi connectivity index (χ3n) is 0.586. The fraction of sp³-hybridized carbons (Fsp3) is 0.125. The van der Waals surface area contributed by atoms with Crippen LogP contribution in [0, 0.1) is 6.08 Å². The van der Waals surface area contributed by atoms with E-state index >= 15 is 0 Å². The zero-order valence-corrected chi connectivity index (χ0v) is 12.2. The first-order valence-corrected chi connectivity index (χ1v) is 2.58. The number of hydrogen-bond acceptors (Lipinski definition) is 3. The summed E-state index contributed by atoms with van der Waals surface area (Å²) in [5, 5.41) is 0. The standard InChI is InChI=1S/C5H5.3CH2O.HI.W/c1-2-4-5-3-1;3*1-2;;/h1-3H,4H2;3*1H2;1H;/q-1;;;;;+2/p-1. The Morgan fingerprint density at radius 2 is 1.38 bits per heavy atom. The summed E-state index contributed by atoms with van der Waals surface area (Å²) in [6, 6.07) is 0. The summed E-state index contributed by atoms with van der Waals surface area (Å²) in [6.45, 7) is 6.00. The summed E-state index contributed by atoms with van der Waals surface area (Å²) in [7, 11) is 0. The molecule has 0 spiro atoms. The monoisotopic (exact) mass is 466 g/mol. The molecular weight excluding hydrogens is 455 g/mol. The van der Waals surface area contributed by atoms with E-state index in [-0.39, 0.29) is 45.0 Å². The van der Waals surface area contributed by atoms with Crippen molar-refractivity contribution in [2.75, 3.05) is 0 Å². The van der Waals surface area contributed by atoms with Gasteiger partial charge in [-0.15, -0.1) is 6.42 Å². The molecule has 0 aromatic rings. The van der Waals surface area contributed by atoms with Gasteiger partial charge in [0.05, 0.1) is 0 Å². The van der Waals surface area contributed by atoms with Gasteiger partial charge in [-0.3, -0.25) is 6.08 Å². The molecule has 0 unspecified atom stereocenters. The molecule has 0 radical (unpaired) electrons. The van der Waals surface area contributed by atoms with Gasteiger partial charge in [-0.05, 0) is 0 Å². The maximum Gasteiger partial charge on any atom is 2.00 e. The van der Waals surface area contributed by atoms with Crippen molar-refractivity contribution in [2.45, 2.75) is 6.42 Å². The molecule has 0 fully saturated rings. The van der Waals surface area contributed by atoms with Crippen LogP contribution in [0.1, 0.15) is 6.42 Å². The minimum Gasteiger partial charge on any atom is -1.00 e. The second-order valence-electron chi connectivity index (χ2n) is 1.00. The first kappa shape index (κ1) is 29.3. The van der Waals surface area contributed by atoms with E-state index < -0.39 is 0 Å². The molecule has 0 atom stereocenters. The predicted molar refractivity (Wildman–Crippen MR) is 42.9 cm³/mol. The molecule has 0 saturated heterocycles. The minimum absolute atomic E-state index is 0. The Morgan fingerprint density at radius 3 is 1.46 bits per heavy atom.